The summed E-state index contributed by atoms with van der Waals surface area (Å²) in [7, 11) is 0. The van der Waals surface area contributed by atoms with Crippen LogP contribution >= 0.6 is 0 Å². The van der Waals surface area contributed by atoms with E-state index in [1.54, 1.807) is 0 Å². The van der Waals surface area contributed by atoms with E-state index in [0.29, 0.717) is 5.92 Å². The fourth-order valence-corrected chi connectivity index (χ4v) is 2.79. The molecule has 1 aromatic rings. The molecule has 1 saturated carbocycles. The predicted octanol–water partition coefficient (Wildman–Crippen LogP) is 3.27. The summed E-state index contributed by atoms with van der Waals surface area (Å²) in [5.41, 5.74) is 1.12. The Balaban J connectivity index is 1.96. The summed E-state index contributed by atoms with van der Waals surface area (Å²) >= 11 is 0. The molecule has 0 aromatic carbocycles. The minimum atomic E-state index is 0.592. The SMILES string of the molecule is CCNCc1ccnc(C2CCC(CC)CC2)n1. The average molecular weight is 247 g/mol. The summed E-state index contributed by atoms with van der Waals surface area (Å²) in [6.07, 6.45) is 8.48. The summed E-state index contributed by atoms with van der Waals surface area (Å²) in [5, 5.41) is 3.32. The zero-order chi connectivity index (χ0) is 12.8. The van der Waals surface area contributed by atoms with Crippen molar-refractivity contribution in [3.63, 3.8) is 0 Å². The smallest absolute Gasteiger partial charge is 0.131 e. The molecule has 2 rings (SSSR count). The summed E-state index contributed by atoms with van der Waals surface area (Å²) in [6, 6.07) is 2.02. The van der Waals surface area contributed by atoms with Crippen LogP contribution in [0.25, 0.3) is 0 Å². The summed E-state index contributed by atoms with van der Waals surface area (Å²) in [5.74, 6) is 2.60. The molecule has 0 radical (unpaired) electrons. The lowest BCUT2D eigenvalue weighted by atomic mass is 9.80. The van der Waals surface area contributed by atoms with Crippen LogP contribution in [0.2, 0.25) is 0 Å². The Bertz CT molecular complexity index is 357. The van der Waals surface area contributed by atoms with Crippen molar-refractivity contribution in [3.8, 4) is 0 Å². The molecule has 3 heteroatoms. The van der Waals surface area contributed by atoms with E-state index in [0.717, 1.165) is 30.5 Å². The van der Waals surface area contributed by atoms with Crippen molar-refractivity contribution in [1.82, 2.24) is 15.3 Å². The number of nitrogens with one attached hydrogen (secondary N) is 1. The zero-order valence-electron chi connectivity index (χ0n) is 11.7. The Kier molecular flexibility index (Phi) is 5.12. The van der Waals surface area contributed by atoms with Crippen molar-refractivity contribution in [2.45, 2.75) is 58.4 Å². The summed E-state index contributed by atoms with van der Waals surface area (Å²) in [6.45, 7) is 6.27. The first-order valence-electron chi connectivity index (χ1n) is 7.36. The number of hydrogen-bond acceptors (Lipinski definition) is 3. The molecule has 1 N–H and O–H groups in total. The number of nitrogens with zero attached hydrogens (tertiary/aromatic N) is 2. The molecule has 0 aliphatic heterocycles. The second-order valence-electron chi connectivity index (χ2n) is 5.31. The Morgan fingerprint density at radius 1 is 1.22 bits per heavy atom. The molecule has 1 aromatic heterocycles. The maximum atomic E-state index is 4.71. The minimum Gasteiger partial charge on any atom is -0.311 e. The van der Waals surface area contributed by atoms with Crippen LogP contribution in [-0.4, -0.2) is 16.5 Å². The van der Waals surface area contributed by atoms with Gasteiger partial charge in [-0.05, 0) is 44.2 Å². The van der Waals surface area contributed by atoms with Crippen LogP contribution in [0.3, 0.4) is 0 Å². The van der Waals surface area contributed by atoms with Crippen LogP contribution in [0.1, 0.15) is 63.4 Å². The molecule has 3 nitrogen and oxygen atoms in total. The highest BCUT2D eigenvalue weighted by Crippen LogP contribution is 2.35. The molecule has 1 fully saturated rings. The number of rotatable bonds is 5. The van der Waals surface area contributed by atoms with Gasteiger partial charge in [-0.1, -0.05) is 20.3 Å². The van der Waals surface area contributed by atoms with Gasteiger partial charge in [-0.3, -0.25) is 0 Å². The molecular formula is C15H25N3. The second-order valence-corrected chi connectivity index (χ2v) is 5.31. The van der Waals surface area contributed by atoms with Gasteiger partial charge in [0, 0.05) is 18.7 Å². The second kappa shape index (κ2) is 6.83. The number of hydrogen-bond donors (Lipinski definition) is 1. The van der Waals surface area contributed by atoms with Crippen molar-refractivity contribution in [1.29, 1.82) is 0 Å². The summed E-state index contributed by atoms with van der Waals surface area (Å²) < 4.78 is 0. The van der Waals surface area contributed by atoms with E-state index in [1.807, 2.05) is 12.3 Å². The van der Waals surface area contributed by atoms with Crippen molar-refractivity contribution < 1.29 is 0 Å². The molecule has 1 aliphatic rings. The molecule has 0 amide bonds. The van der Waals surface area contributed by atoms with E-state index in [2.05, 4.69) is 24.1 Å². The van der Waals surface area contributed by atoms with Crippen LogP contribution in [-0.2, 0) is 6.54 Å². The molecule has 0 unspecified atom stereocenters. The maximum Gasteiger partial charge on any atom is 0.131 e. The van der Waals surface area contributed by atoms with E-state index in [-0.39, 0.29) is 0 Å². The fourth-order valence-electron chi connectivity index (χ4n) is 2.79. The molecule has 100 valence electrons. The molecular weight excluding hydrogens is 222 g/mol. The third-order valence-electron chi connectivity index (χ3n) is 4.08. The Labute approximate surface area is 110 Å². The monoisotopic (exact) mass is 247 g/mol. The third-order valence-corrected chi connectivity index (χ3v) is 4.08. The van der Waals surface area contributed by atoms with Crippen LogP contribution in [0.4, 0.5) is 0 Å². The van der Waals surface area contributed by atoms with E-state index >= 15 is 0 Å². The lowest BCUT2D eigenvalue weighted by molar-refractivity contribution is 0.311. The van der Waals surface area contributed by atoms with Crippen LogP contribution in [0.5, 0.6) is 0 Å². The van der Waals surface area contributed by atoms with Gasteiger partial charge in [0.25, 0.3) is 0 Å². The first-order valence-corrected chi connectivity index (χ1v) is 7.36. The average Bonchev–Trinajstić information content (AvgIpc) is 2.45. The maximum absolute atomic E-state index is 4.71. The standard InChI is InChI=1S/C15H25N3/c1-3-12-5-7-13(8-6-12)15-17-10-9-14(18-15)11-16-4-2/h9-10,12-13,16H,3-8,11H2,1-2H3. The highest BCUT2D eigenvalue weighted by atomic mass is 14.9. The van der Waals surface area contributed by atoms with Gasteiger partial charge in [-0.25, -0.2) is 9.97 Å². The van der Waals surface area contributed by atoms with E-state index < -0.39 is 0 Å². The predicted molar refractivity (Wildman–Crippen MR) is 74.4 cm³/mol. The molecule has 0 bridgehead atoms. The molecule has 0 spiro atoms. The molecule has 1 heterocycles. The first kappa shape index (κ1) is 13.5. The Hall–Kier alpha value is -0.960. The summed E-state index contributed by atoms with van der Waals surface area (Å²) in [4.78, 5) is 9.19. The van der Waals surface area contributed by atoms with Gasteiger partial charge in [0.15, 0.2) is 0 Å². The lowest BCUT2D eigenvalue weighted by Crippen LogP contribution is -2.17. The van der Waals surface area contributed by atoms with Crippen molar-refractivity contribution in [2.24, 2.45) is 5.92 Å². The van der Waals surface area contributed by atoms with Gasteiger partial charge >= 0.3 is 0 Å². The van der Waals surface area contributed by atoms with Crippen molar-refractivity contribution in [2.75, 3.05) is 6.54 Å². The molecule has 18 heavy (non-hydrogen) atoms. The molecule has 1 aliphatic carbocycles. The van der Waals surface area contributed by atoms with Crippen LogP contribution in [0, 0.1) is 5.92 Å². The fraction of sp³-hybridized carbons (Fsp3) is 0.733. The zero-order valence-corrected chi connectivity index (χ0v) is 11.7. The van der Waals surface area contributed by atoms with E-state index in [4.69, 9.17) is 4.98 Å². The largest absolute Gasteiger partial charge is 0.311 e. The van der Waals surface area contributed by atoms with Crippen molar-refractivity contribution >= 4 is 0 Å². The highest BCUT2D eigenvalue weighted by molar-refractivity contribution is 5.06. The molecule has 0 saturated heterocycles. The Morgan fingerprint density at radius 2 is 2.00 bits per heavy atom. The van der Waals surface area contributed by atoms with Crippen LogP contribution < -0.4 is 5.32 Å². The van der Waals surface area contributed by atoms with Gasteiger partial charge in [0.05, 0.1) is 5.69 Å². The molecule has 0 atom stereocenters. The van der Waals surface area contributed by atoms with E-state index in [9.17, 15) is 0 Å². The van der Waals surface area contributed by atoms with Gasteiger partial charge in [-0.2, -0.15) is 0 Å². The number of aromatic nitrogens is 2. The lowest BCUT2D eigenvalue weighted by Gasteiger charge is -2.26. The normalized spacial score (nSPS) is 24.1. The third kappa shape index (κ3) is 3.52. The van der Waals surface area contributed by atoms with Gasteiger partial charge in [-0.15, -0.1) is 0 Å². The quantitative estimate of drug-likeness (QED) is 0.867. The van der Waals surface area contributed by atoms with Gasteiger partial charge in [0.1, 0.15) is 5.82 Å². The van der Waals surface area contributed by atoms with Gasteiger partial charge < -0.3 is 5.32 Å². The van der Waals surface area contributed by atoms with E-state index in [1.165, 1.54) is 32.1 Å². The Morgan fingerprint density at radius 3 is 2.67 bits per heavy atom. The van der Waals surface area contributed by atoms with Gasteiger partial charge in [0.2, 0.25) is 0 Å². The van der Waals surface area contributed by atoms with Crippen molar-refractivity contribution in [3.05, 3.63) is 23.8 Å². The minimum absolute atomic E-state index is 0.592. The van der Waals surface area contributed by atoms with Crippen LogP contribution in [0.15, 0.2) is 12.3 Å². The highest BCUT2D eigenvalue weighted by Gasteiger charge is 2.23. The topological polar surface area (TPSA) is 37.8 Å². The first-order chi connectivity index (χ1) is 8.83.